The number of carboxylic acids is 1. The Hall–Kier alpha value is -0.880. The van der Waals surface area contributed by atoms with Gasteiger partial charge in [-0.05, 0) is 75.4 Å². The monoisotopic (exact) mass is 440 g/mol. The average molecular weight is 441 g/mol. The third kappa shape index (κ3) is 7.88. The molecular formula is C25H37NaO5. The third-order valence-corrected chi connectivity index (χ3v) is 6.79. The molecule has 0 bridgehead atoms. The molecule has 0 radical (unpaired) electrons. The predicted molar refractivity (Wildman–Crippen MR) is 115 cm³/mol. The summed E-state index contributed by atoms with van der Waals surface area (Å²) >= 11 is 0. The molecule has 0 fully saturated rings. The van der Waals surface area contributed by atoms with Gasteiger partial charge in [-0.25, -0.2) is 0 Å². The van der Waals surface area contributed by atoms with Gasteiger partial charge in [0, 0.05) is 5.92 Å². The van der Waals surface area contributed by atoms with Crippen molar-refractivity contribution < 1.29 is 54.1 Å². The van der Waals surface area contributed by atoms with Crippen LogP contribution in [0, 0.1) is 29.1 Å². The molecule has 5 nitrogen and oxygen atoms in total. The van der Waals surface area contributed by atoms with E-state index in [-0.39, 0.29) is 53.5 Å². The normalized spacial score (nSPS) is 29.0. The van der Waals surface area contributed by atoms with Crippen LogP contribution in [0.5, 0.6) is 0 Å². The number of rotatable bonds is 9. The van der Waals surface area contributed by atoms with E-state index in [1.165, 1.54) is 11.6 Å². The Kier molecular flexibility index (Phi) is 11.2. The Morgan fingerprint density at radius 1 is 1.35 bits per heavy atom. The molecule has 0 saturated heterocycles. The first kappa shape index (κ1) is 28.2. The number of aliphatic hydroxyl groups excluding tert-OH is 1. The number of esters is 1. The van der Waals surface area contributed by atoms with Gasteiger partial charge in [0.2, 0.25) is 0 Å². The van der Waals surface area contributed by atoms with Crippen molar-refractivity contribution in [2.75, 3.05) is 0 Å². The molecule has 0 spiro atoms. The number of hydrogen-bond donors (Lipinski definition) is 1. The molecular weight excluding hydrogens is 403 g/mol. The molecule has 31 heavy (non-hydrogen) atoms. The zero-order chi connectivity index (χ0) is 22.5. The summed E-state index contributed by atoms with van der Waals surface area (Å²) < 4.78 is 6.10. The Labute approximate surface area is 209 Å². The minimum atomic E-state index is -1.25. The Morgan fingerprint density at radius 3 is 2.65 bits per heavy atom. The Morgan fingerprint density at radius 2 is 2.03 bits per heavy atom. The molecule has 0 aromatic carbocycles. The van der Waals surface area contributed by atoms with Crippen LogP contribution >= 0.6 is 0 Å². The number of hydrogen-bond acceptors (Lipinski definition) is 5. The molecule has 0 heterocycles. The van der Waals surface area contributed by atoms with Gasteiger partial charge in [-0.15, -0.1) is 0 Å². The van der Waals surface area contributed by atoms with Crippen molar-refractivity contribution in [1.29, 1.82) is 0 Å². The molecule has 168 valence electrons. The first-order valence-corrected chi connectivity index (χ1v) is 11.2. The molecule has 0 saturated carbocycles. The number of ether oxygens (including phenoxy) is 1. The van der Waals surface area contributed by atoms with Crippen LogP contribution in [0.3, 0.4) is 0 Å². The standard InChI is InChI=1S/C25H38O5.Na/c1-6-25(4,5)24(29)30-21-15-16(2)14-18-11-10-17(3)20(23(18)21)13-12-19(26)8-7-9-22(27)28;/h7,9-11,14,16-17,19-21,23,26H,6,8,12-13,15H2,1-5H3,(H,27,28);/q;+1/p-1/b9-7+;/t16-,17-,19+,20-,21-,23-;/m1./s1. The Bertz CT molecular complexity index is 709. The summed E-state index contributed by atoms with van der Waals surface area (Å²) in [6.07, 6.45) is 11.5. The van der Waals surface area contributed by atoms with Crippen LogP contribution in [0.2, 0.25) is 0 Å². The number of carboxylic acid groups (broad SMARTS) is 1. The molecule has 2 aliphatic rings. The van der Waals surface area contributed by atoms with Crippen molar-refractivity contribution in [2.24, 2.45) is 29.1 Å². The van der Waals surface area contributed by atoms with Gasteiger partial charge < -0.3 is 19.7 Å². The van der Waals surface area contributed by atoms with E-state index in [2.05, 4.69) is 32.1 Å². The van der Waals surface area contributed by atoms with E-state index in [1.807, 2.05) is 20.8 Å². The number of carbonyl (C=O) groups is 2. The zero-order valence-electron chi connectivity index (χ0n) is 20.0. The second-order valence-electron chi connectivity index (χ2n) is 9.66. The van der Waals surface area contributed by atoms with Gasteiger partial charge in [-0.3, -0.25) is 4.79 Å². The van der Waals surface area contributed by atoms with Gasteiger partial charge in [0.1, 0.15) is 6.10 Å². The molecule has 6 atom stereocenters. The predicted octanol–water partition coefficient (Wildman–Crippen LogP) is 0.580. The van der Waals surface area contributed by atoms with Crippen LogP contribution < -0.4 is 34.7 Å². The van der Waals surface area contributed by atoms with E-state index in [0.717, 1.165) is 25.3 Å². The van der Waals surface area contributed by atoms with Crippen molar-refractivity contribution in [3.63, 3.8) is 0 Å². The quantitative estimate of drug-likeness (QED) is 0.322. The number of aliphatic hydroxyl groups is 1. The fraction of sp³-hybridized carbons (Fsp3) is 0.680. The van der Waals surface area contributed by atoms with Gasteiger partial charge in [-0.2, -0.15) is 0 Å². The largest absolute Gasteiger partial charge is 1.00 e. The van der Waals surface area contributed by atoms with Gasteiger partial charge in [0.05, 0.1) is 17.5 Å². The van der Waals surface area contributed by atoms with E-state index < -0.39 is 17.5 Å². The van der Waals surface area contributed by atoms with Crippen molar-refractivity contribution in [1.82, 2.24) is 0 Å². The number of allylic oxidation sites excluding steroid dienone is 3. The van der Waals surface area contributed by atoms with E-state index >= 15 is 0 Å². The summed E-state index contributed by atoms with van der Waals surface area (Å²) in [5, 5.41) is 20.8. The van der Waals surface area contributed by atoms with Crippen LogP contribution in [-0.2, 0) is 14.3 Å². The smallest absolute Gasteiger partial charge is 0.545 e. The van der Waals surface area contributed by atoms with Crippen molar-refractivity contribution >= 4 is 11.9 Å². The van der Waals surface area contributed by atoms with Crippen molar-refractivity contribution in [3.8, 4) is 0 Å². The van der Waals surface area contributed by atoms with E-state index in [9.17, 15) is 19.8 Å². The van der Waals surface area contributed by atoms with Crippen LogP contribution in [0.25, 0.3) is 0 Å². The summed E-state index contributed by atoms with van der Waals surface area (Å²) in [5.74, 6) is -0.347. The molecule has 1 N–H and O–H groups in total. The Balaban J connectivity index is 0.00000480. The summed E-state index contributed by atoms with van der Waals surface area (Å²) in [7, 11) is 0. The summed E-state index contributed by atoms with van der Waals surface area (Å²) in [6.45, 7) is 10.2. The van der Waals surface area contributed by atoms with E-state index in [4.69, 9.17) is 4.74 Å². The molecule has 2 aliphatic carbocycles. The maximum Gasteiger partial charge on any atom is 1.00 e. The SMILES string of the molecule is CCC(C)(C)C(=O)O[C@@H]1C[C@H](C)C=C2C=C[C@@H](C)[C@@H](CC[C@@H](O)C/C=C/C(=O)[O-])[C@@H]21.[Na+]. The second-order valence-corrected chi connectivity index (χ2v) is 9.66. The number of aliphatic carboxylic acids is 1. The molecule has 0 aromatic rings. The maximum absolute atomic E-state index is 12.8. The van der Waals surface area contributed by atoms with E-state index in [1.54, 1.807) is 0 Å². The van der Waals surface area contributed by atoms with Gasteiger partial charge in [0.15, 0.2) is 0 Å². The minimum Gasteiger partial charge on any atom is -0.545 e. The van der Waals surface area contributed by atoms with Crippen LogP contribution in [0.1, 0.15) is 66.7 Å². The summed E-state index contributed by atoms with van der Waals surface area (Å²) in [5.41, 5.74) is 0.729. The molecule has 6 heteroatoms. The summed E-state index contributed by atoms with van der Waals surface area (Å²) in [4.78, 5) is 23.3. The second kappa shape index (κ2) is 12.4. The van der Waals surface area contributed by atoms with E-state index in [0.29, 0.717) is 24.7 Å². The van der Waals surface area contributed by atoms with Crippen LogP contribution in [0.15, 0.2) is 36.0 Å². The van der Waals surface area contributed by atoms with Gasteiger partial charge in [0.25, 0.3) is 0 Å². The fourth-order valence-electron chi connectivity index (χ4n) is 4.49. The molecule has 0 aromatic heterocycles. The van der Waals surface area contributed by atoms with Gasteiger partial charge in [-0.1, -0.05) is 45.1 Å². The number of fused-ring (bicyclic) bond motifs is 1. The molecule has 0 unspecified atom stereocenters. The summed E-state index contributed by atoms with van der Waals surface area (Å²) in [6, 6.07) is 0. The zero-order valence-corrected chi connectivity index (χ0v) is 22.0. The third-order valence-electron chi connectivity index (χ3n) is 6.79. The molecule has 0 aliphatic heterocycles. The van der Waals surface area contributed by atoms with Gasteiger partial charge >= 0.3 is 35.5 Å². The first-order chi connectivity index (χ1) is 14.0. The average Bonchev–Trinajstić information content (AvgIpc) is 2.66. The first-order valence-electron chi connectivity index (χ1n) is 11.2. The van der Waals surface area contributed by atoms with Crippen molar-refractivity contribution in [3.05, 3.63) is 36.0 Å². The maximum atomic E-state index is 12.8. The topological polar surface area (TPSA) is 86.7 Å². The fourth-order valence-corrected chi connectivity index (χ4v) is 4.49. The van der Waals surface area contributed by atoms with Crippen LogP contribution in [-0.4, -0.2) is 29.3 Å². The molecule has 2 rings (SSSR count). The number of carbonyl (C=O) groups excluding carboxylic acids is 2. The molecule has 0 amide bonds. The van der Waals surface area contributed by atoms with Crippen LogP contribution in [0.4, 0.5) is 0 Å². The van der Waals surface area contributed by atoms with Crippen molar-refractivity contribution in [2.45, 2.75) is 78.9 Å². The minimum absolute atomic E-state index is 0.